The minimum Gasteiger partial charge on any atom is -0.310 e. The number of thiazole rings is 1. The number of hydrogen-bond acceptors (Lipinski definition) is 3. The van der Waals surface area contributed by atoms with Crippen LogP contribution < -0.4 is 5.32 Å². The molecule has 1 saturated heterocycles. The molecule has 2 nitrogen and oxygen atoms in total. The molecule has 88 valence electrons. The van der Waals surface area contributed by atoms with Crippen molar-refractivity contribution in [3.63, 3.8) is 0 Å². The highest BCUT2D eigenvalue weighted by Crippen LogP contribution is 2.44. The zero-order valence-electron chi connectivity index (χ0n) is 9.78. The average Bonchev–Trinajstić information content (AvgIpc) is 2.92. The van der Waals surface area contributed by atoms with Crippen LogP contribution in [-0.2, 0) is 0 Å². The summed E-state index contributed by atoms with van der Waals surface area (Å²) in [6.07, 6.45) is 5.24. The van der Waals surface area contributed by atoms with Gasteiger partial charge in [-0.05, 0) is 43.9 Å². The van der Waals surface area contributed by atoms with E-state index in [2.05, 4.69) is 23.5 Å². The molecule has 1 aliphatic heterocycles. The summed E-state index contributed by atoms with van der Waals surface area (Å²) < 4.78 is 1.37. The van der Waals surface area contributed by atoms with Crippen LogP contribution in [0.15, 0.2) is 18.2 Å². The molecule has 0 bridgehead atoms. The summed E-state index contributed by atoms with van der Waals surface area (Å²) in [7, 11) is 0. The predicted octanol–water partition coefficient (Wildman–Crippen LogP) is 3.60. The fourth-order valence-corrected chi connectivity index (χ4v) is 3.89. The van der Waals surface area contributed by atoms with Gasteiger partial charge in [0, 0.05) is 12.0 Å². The maximum atomic E-state index is 4.90. The molecule has 1 aliphatic carbocycles. The standard InChI is InChI=1S/C14H16N2S/c1-3-10(11-4-2-8-15-11)13-12(5-1)17-14(16-13)9-6-7-9/h1,3,5,9,11,15H,2,4,6-8H2. The molecule has 2 fully saturated rings. The zero-order chi connectivity index (χ0) is 11.2. The van der Waals surface area contributed by atoms with E-state index in [1.807, 2.05) is 11.3 Å². The number of nitrogens with one attached hydrogen (secondary N) is 1. The Balaban J connectivity index is 1.84. The van der Waals surface area contributed by atoms with E-state index < -0.39 is 0 Å². The van der Waals surface area contributed by atoms with Crippen LogP contribution in [0.3, 0.4) is 0 Å². The Kier molecular flexibility index (Phi) is 2.24. The van der Waals surface area contributed by atoms with Crippen molar-refractivity contribution in [3.05, 3.63) is 28.8 Å². The highest BCUT2D eigenvalue weighted by atomic mass is 32.1. The molecule has 1 saturated carbocycles. The van der Waals surface area contributed by atoms with Gasteiger partial charge >= 0.3 is 0 Å². The van der Waals surface area contributed by atoms with Crippen LogP contribution in [-0.4, -0.2) is 11.5 Å². The second kappa shape index (κ2) is 3.79. The average molecular weight is 244 g/mol. The van der Waals surface area contributed by atoms with E-state index in [0.717, 1.165) is 12.5 Å². The summed E-state index contributed by atoms with van der Waals surface area (Å²) in [4.78, 5) is 4.90. The summed E-state index contributed by atoms with van der Waals surface area (Å²) >= 11 is 1.90. The zero-order valence-corrected chi connectivity index (χ0v) is 10.6. The number of para-hydroxylation sites is 1. The molecule has 2 heterocycles. The molecule has 1 atom stereocenters. The number of aromatic nitrogens is 1. The lowest BCUT2D eigenvalue weighted by molar-refractivity contribution is 0.651. The first-order valence-corrected chi connectivity index (χ1v) is 7.36. The third kappa shape index (κ3) is 1.69. The van der Waals surface area contributed by atoms with Crippen molar-refractivity contribution in [2.24, 2.45) is 0 Å². The first kappa shape index (κ1) is 10.0. The largest absolute Gasteiger partial charge is 0.310 e. The summed E-state index contributed by atoms with van der Waals surface area (Å²) in [6.45, 7) is 1.15. The SMILES string of the molecule is c1cc(C2CCCN2)c2nc(C3CC3)sc2c1. The van der Waals surface area contributed by atoms with Crippen molar-refractivity contribution in [2.75, 3.05) is 6.54 Å². The second-order valence-corrected chi connectivity index (χ2v) is 6.23. The van der Waals surface area contributed by atoms with Crippen molar-refractivity contribution >= 4 is 21.6 Å². The van der Waals surface area contributed by atoms with Crippen molar-refractivity contribution in [1.29, 1.82) is 0 Å². The van der Waals surface area contributed by atoms with Crippen LogP contribution in [0.4, 0.5) is 0 Å². The van der Waals surface area contributed by atoms with Gasteiger partial charge in [-0.2, -0.15) is 0 Å². The second-order valence-electron chi connectivity index (χ2n) is 5.17. The molecule has 1 unspecified atom stereocenters. The van der Waals surface area contributed by atoms with Gasteiger partial charge in [-0.15, -0.1) is 11.3 Å². The van der Waals surface area contributed by atoms with Crippen LogP contribution in [0.1, 0.15) is 48.2 Å². The third-order valence-corrected chi connectivity index (χ3v) is 5.01. The van der Waals surface area contributed by atoms with E-state index in [-0.39, 0.29) is 0 Å². The molecule has 0 spiro atoms. The molecule has 4 rings (SSSR count). The molecular weight excluding hydrogens is 228 g/mol. The summed E-state index contributed by atoms with van der Waals surface area (Å²) in [6, 6.07) is 7.19. The summed E-state index contributed by atoms with van der Waals surface area (Å²) in [5.74, 6) is 0.775. The van der Waals surface area contributed by atoms with E-state index >= 15 is 0 Å². The van der Waals surface area contributed by atoms with E-state index in [4.69, 9.17) is 4.98 Å². The first-order chi connectivity index (χ1) is 8.42. The van der Waals surface area contributed by atoms with Gasteiger partial charge in [0.1, 0.15) is 0 Å². The van der Waals surface area contributed by atoms with E-state index in [9.17, 15) is 0 Å². The number of hydrogen-bond donors (Lipinski definition) is 1. The quantitative estimate of drug-likeness (QED) is 0.873. The van der Waals surface area contributed by atoms with Crippen molar-refractivity contribution in [1.82, 2.24) is 10.3 Å². The van der Waals surface area contributed by atoms with E-state index in [1.54, 1.807) is 0 Å². The Morgan fingerprint density at radius 3 is 2.94 bits per heavy atom. The number of nitrogens with zero attached hydrogens (tertiary/aromatic N) is 1. The third-order valence-electron chi connectivity index (χ3n) is 3.83. The first-order valence-electron chi connectivity index (χ1n) is 6.54. The van der Waals surface area contributed by atoms with Crippen LogP contribution in [0, 0.1) is 0 Å². The summed E-state index contributed by atoms with van der Waals surface area (Å²) in [5, 5.41) is 4.95. The number of rotatable bonds is 2. The topological polar surface area (TPSA) is 24.9 Å². The molecule has 2 aromatic rings. The van der Waals surface area contributed by atoms with Gasteiger partial charge in [-0.1, -0.05) is 12.1 Å². The van der Waals surface area contributed by atoms with Gasteiger partial charge < -0.3 is 5.32 Å². The van der Waals surface area contributed by atoms with Gasteiger partial charge in [0.2, 0.25) is 0 Å². The van der Waals surface area contributed by atoms with Gasteiger partial charge in [-0.3, -0.25) is 0 Å². The monoisotopic (exact) mass is 244 g/mol. The Morgan fingerprint density at radius 1 is 1.24 bits per heavy atom. The Hall–Kier alpha value is -0.930. The molecule has 17 heavy (non-hydrogen) atoms. The van der Waals surface area contributed by atoms with Crippen LogP contribution in [0.2, 0.25) is 0 Å². The van der Waals surface area contributed by atoms with Gasteiger partial charge in [0.15, 0.2) is 0 Å². The van der Waals surface area contributed by atoms with Crippen LogP contribution >= 0.6 is 11.3 Å². The van der Waals surface area contributed by atoms with Gasteiger partial charge in [0.05, 0.1) is 15.2 Å². The number of fused-ring (bicyclic) bond motifs is 1. The molecule has 0 amide bonds. The molecule has 3 heteroatoms. The summed E-state index contributed by atoms with van der Waals surface area (Å²) in [5.41, 5.74) is 2.68. The van der Waals surface area contributed by atoms with Gasteiger partial charge in [0.25, 0.3) is 0 Å². The highest BCUT2D eigenvalue weighted by Gasteiger charge is 2.28. The highest BCUT2D eigenvalue weighted by molar-refractivity contribution is 7.18. The van der Waals surface area contributed by atoms with Crippen LogP contribution in [0.25, 0.3) is 10.2 Å². The Labute approximate surface area is 105 Å². The molecule has 1 aromatic carbocycles. The predicted molar refractivity (Wildman–Crippen MR) is 71.6 cm³/mol. The Morgan fingerprint density at radius 2 is 2.18 bits per heavy atom. The minimum absolute atomic E-state index is 0.535. The maximum Gasteiger partial charge on any atom is 0.0969 e. The van der Waals surface area contributed by atoms with Gasteiger partial charge in [-0.25, -0.2) is 4.98 Å². The lowest BCUT2D eigenvalue weighted by atomic mass is 10.0. The van der Waals surface area contributed by atoms with E-state index in [1.165, 1.54) is 46.5 Å². The van der Waals surface area contributed by atoms with Crippen molar-refractivity contribution in [2.45, 2.75) is 37.6 Å². The molecule has 0 radical (unpaired) electrons. The molecule has 1 N–H and O–H groups in total. The molecule has 1 aromatic heterocycles. The lowest BCUT2D eigenvalue weighted by Gasteiger charge is -2.10. The van der Waals surface area contributed by atoms with Crippen LogP contribution in [0.5, 0.6) is 0 Å². The normalized spacial score (nSPS) is 24.6. The fraction of sp³-hybridized carbons (Fsp3) is 0.500. The number of benzene rings is 1. The Bertz CT molecular complexity index is 550. The van der Waals surface area contributed by atoms with Crippen molar-refractivity contribution < 1.29 is 0 Å². The maximum absolute atomic E-state index is 4.90. The lowest BCUT2D eigenvalue weighted by Crippen LogP contribution is -2.13. The fourth-order valence-electron chi connectivity index (χ4n) is 2.72. The minimum atomic E-state index is 0.535. The van der Waals surface area contributed by atoms with E-state index in [0.29, 0.717) is 6.04 Å². The smallest absolute Gasteiger partial charge is 0.0969 e. The molecular formula is C14H16N2S. The van der Waals surface area contributed by atoms with Crippen molar-refractivity contribution in [3.8, 4) is 0 Å². The molecule has 2 aliphatic rings.